The molecule has 142 valence electrons. The summed E-state index contributed by atoms with van der Waals surface area (Å²) in [6.45, 7) is 2.33. The summed E-state index contributed by atoms with van der Waals surface area (Å²) >= 11 is 1.53. The zero-order valence-electron chi connectivity index (χ0n) is 14.7. The molecule has 0 aromatic heterocycles. The van der Waals surface area contributed by atoms with Crippen LogP contribution in [0.3, 0.4) is 0 Å². The second-order valence-corrected chi connectivity index (χ2v) is 8.98. The van der Waals surface area contributed by atoms with Gasteiger partial charge in [-0.3, -0.25) is 9.59 Å². The summed E-state index contributed by atoms with van der Waals surface area (Å²) in [4.78, 5) is 39.2. The van der Waals surface area contributed by atoms with Gasteiger partial charge in [0, 0.05) is 42.6 Å². The van der Waals surface area contributed by atoms with Crippen LogP contribution in [0.2, 0.25) is 0 Å². The molecule has 0 aromatic carbocycles. The number of rotatable bonds is 5. The number of likely N-dealkylation sites (tertiary alicyclic amines) is 1. The van der Waals surface area contributed by atoms with Crippen LogP contribution in [-0.4, -0.2) is 80.9 Å². The Kier molecular flexibility index (Phi) is 4.28. The average molecular weight is 381 g/mol. The number of nitrogens with one attached hydrogen (secondary N) is 1. The summed E-state index contributed by atoms with van der Waals surface area (Å²) in [5, 5.41) is 23.0. The number of β-lactam (4-membered cyclic amide) rings is 2. The van der Waals surface area contributed by atoms with Gasteiger partial charge in [-0.05, 0) is 13.3 Å². The lowest BCUT2D eigenvalue weighted by Crippen LogP contribution is -2.61. The molecule has 0 radical (unpaired) electrons. The average Bonchev–Trinajstić information content (AvgIpc) is 3.14. The molecule has 9 heteroatoms. The first kappa shape index (κ1) is 17.8. The molecule has 4 aliphatic rings. The first-order valence-electron chi connectivity index (χ1n) is 8.93. The highest BCUT2D eigenvalue weighted by Gasteiger charge is 2.57. The molecule has 3 N–H and O–H groups in total. The second kappa shape index (κ2) is 6.24. The largest absolute Gasteiger partial charge is 0.477 e. The summed E-state index contributed by atoms with van der Waals surface area (Å²) in [7, 11) is 1.81. The van der Waals surface area contributed by atoms with Gasteiger partial charge in [-0.15, -0.1) is 11.8 Å². The number of hydrogen-bond donors (Lipinski definition) is 3. The van der Waals surface area contributed by atoms with Crippen molar-refractivity contribution in [3.63, 3.8) is 0 Å². The Morgan fingerprint density at radius 2 is 2.04 bits per heavy atom. The topological polar surface area (TPSA) is 110 Å². The van der Waals surface area contributed by atoms with Crippen molar-refractivity contribution < 1.29 is 24.6 Å². The van der Waals surface area contributed by atoms with Crippen molar-refractivity contribution in [2.75, 3.05) is 13.6 Å². The van der Waals surface area contributed by atoms with Gasteiger partial charge in [-0.1, -0.05) is 0 Å². The Bertz CT molecular complexity index is 709. The number of carbonyl (C=O) groups is 3. The highest BCUT2D eigenvalue weighted by Crippen LogP contribution is 2.48. The van der Waals surface area contributed by atoms with Crippen molar-refractivity contribution >= 4 is 29.5 Å². The number of thioether (sulfide) groups is 1. The number of amides is 2. The first-order chi connectivity index (χ1) is 12.3. The summed E-state index contributed by atoms with van der Waals surface area (Å²) < 4.78 is 0. The summed E-state index contributed by atoms with van der Waals surface area (Å²) in [6, 6.07) is 0.205. The van der Waals surface area contributed by atoms with E-state index < -0.39 is 18.0 Å². The van der Waals surface area contributed by atoms with Crippen LogP contribution < -0.4 is 5.32 Å². The van der Waals surface area contributed by atoms with Crippen LogP contribution in [0.4, 0.5) is 0 Å². The number of carboxylic acid groups (broad SMARTS) is 1. The maximum atomic E-state index is 12.2. The minimum atomic E-state index is -1.08. The van der Waals surface area contributed by atoms with Crippen molar-refractivity contribution in [1.29, 1.82) is 0 Å². The lowest BCUT2D eigenvalue weighted by atomic mass is 9.83. The Morgan fingerprint density at radius 3 is 2.62 bits per heavy atom. The zero-order valence-corrected chi connectivity index (χ0v) is 15.5. The molecule has 4 heterocycles. The van der Waals surface area contributed by atoms with Crippen LogP contribution >= 0.6 is 11.8 Å². The van der Waals surface area contributed by atoms with E-state index in [-0.39, 0.29) is 40.9 Å². The number of fused-ring (bicyclic) bond motifs is 1. The Hall–Kier alpha value is -1.58. The van der Waals surface area contributed by atoms with Crippen molar-refractivity contribution in [3.05, 3.63) is 10.6 Å². The van der Waals surface area contributed by atoms with E-state index in [1.165, 1.54) is 16.7 Å². The fourth-order valence-corrected chi connectivity index (χ4v) is 6.05. The van der Waals surface area contributed by atoms with E-state index in [2.05, 4.69) is 5.32 Å². The molecule has 0 saturated carbocycles. The molecule has 0 aromatic rings. The Labute approximate surface area is 155 Å². The normalized spacial score (nSPS) is 37.6. The molecule has 0 bridgehead atoms. The number of hydrogen-bond acceptors (Lipinski definition) is 6. The Balaban J connectivity index is 1.44. The van der Waals surface area contributed by atoms with Gasteiger partial charge in [0.15, 0.2) is 0 Å². The van der Waals surface area contributed by atoms with Crippen molar-refractivity contribution in [2.45, 2.75) is 55.7 Å². The minimum Gasteiger partial charge on any atom is -0.477 e. The number of nitrogens with zero attached hydrogens (tertiary/aromatic N) is 2. The van der Waals surface area contributed by atoms with Gasteiger partial charge in [0.1, 0.15) is 5.70 Å². The standard InChI is InChI=1S/C17H23N3O5S/c1-7(21)14-11-4-12(15(17(24)25)20(11)16(14)23)26-8-3-9(18-6-8)10-5-13(22)19(10)2/h7-11,14,18,21H,3-6H2,1-2H3,(H,24,25)/t7-,8+,9+,10?,11-,14-/m1/s1. The molecule has 26 heavy (non-hydrogen) atoms. The third-order valence-electron chi connectivity index (χ3n) is 6.06. The molecule has 0 aliphatic carbocycles. The SMILES string of the molecule is C[C@@H](O)[C@H]1C(=O)N2C(C(=O)O)=C(S[C@@H]3CN[C@H](C4CC(=O)N4C)C3)C[C@H]12. The van der Waals surface area contributed by atoms with E-state index in [0.717, 1.165) is 17.9 Å². The molecule has 6 atom stereocenters. The van der Waals surface area contributed by atoms with Crippen LogP contribution in [0.1, 0.15) is 26.2 Å². The van der Waals surface area contributed by atoms with Gasteiger partial charge < -0.3 is 25.3 Å². The minimum absolute atomic E-state index is 0.0845. The van der Waals surface area contributed by atoms with E-state index >= 15 is 0 Å². The molecule has 4 rings (SSSR count). The summed E-state index contributed by atoms with van der Waals surface area (Å²) in [5.74, 6) is -1.73. The molecule has 3 fully saturated rings. The molecular formula is C17H23N3O5S. The second-order valence-electron chi connectivity index (χ2n) is 7.59. The molecular weight excluding hydrogens is 358 g/mol. The first-order valence-corrected chi connectivity index (χ1v) is 9.80. The lowest BCUT2D eigenvalue weighted by Gasteiger charge is -2.44. The maximum Gasteiger partial charge on any atom is 0.353 e. The van der Waals surface area contributed by atoms with Gasteiger partial charge in [0.2, 0.25) is 11.8 Å². The number of aliphatic hydroxyl groups is 1. The van der Waals surface area contributed by atoms with E-state index in [0.29, 0.717) is 12.8 Å². The fraction of sp³-hybridized carbons (Fsp3) is 0.706. The predicted octanol–water partition coefficient (Wildman–Crippen LogP) is -0.411. The van der Waals surface area contributed by atoms with Gasteiger partial charge in [-0.2, -0.15) is 0 Å². The smallest absolute Gasteiger partial charge is 0.353 e. The van der Waals surface area contributed by atoms with E-state index in [9.17, 15) is 24.6 Å². The number of carboxylic acids is 1. The highest BCUT2D eigenvalue weighted by atomic mass is 32.2. The number of likely N-dealkylation sites (N-methyl/N-ethyl adjacent to an activating group) is 1. The highest BCUT2D eigenvalue weighted by molar-refractivity contribution is 8.03. The van der Waals surface area contributed by atoms with Gasteiger partial charge in [0.05, 0.1) is 24.1 Å². The quantitative estimate of drug-likeness (QED) is 0.555. The van der Waals surface area contributed by atoms with Crippen LogP contribution in [0.15, 0.2) is 10.6 Å². The Morgan fingerprint density at radius 1 is 1.31 bits per heavy atom. The molecule has 2 amide bonds. The molecule has 3 saturated heterocycles. The van der Waals surface area contributed by atoms with Crippen LogP contribution in [0, 0.1) is 5.92 Å². The van der Waals surface area contributed by atoms with E-state index in [1.54, 1.807) is 11.8 Å². The van der Waals surface area contributed by atoms with Crippen LogP contribution in [0.5, 0.6) is 0 Å². The van der Waals surface area contributed by atoms with Crippen molar-refractivity contribution in [2.24, 2.45) is 5.92 Å². The zero-order chi connectivity index (χ0) is 18.7. The number of carbonyl (C=O) groups excluding carboxylic acids is 2. The van der Waals surface area contributed by atoms with E-state index in [1.807, 2.05) is 7.05 Å². The van der Waals surface area contributed by atoms with E-state index in [4.69, 9.17) is 0 Å². The molecule has 1 unspecified atom stereocenters. The molecule has 4 aliphatic heterocycles. The van der Waals surface area contributed by atoms with Crippen LogP contribution in [-0.2, 0) is 14.4 Å². The predicted molar refractivity (Wildman–Crippen MR) is 94.0 cm³/mol. The van der Waals surface area contributed by atoms with Crippen LogP contribution in [0.25, 0.3) is 0 Å². The van der Waals surface area contributed by atoms with Gasteiger partial charge in [-0.25, -0.2) is 4.79 Å². The monoisotopic (exact) mass is 381 g/mol. The van der Waals surface area contributed by atoms with Crippen molar-refractivity contribution in [1.82, 2.24) is 15.1 Å². The third kappa shape index (κ3) is 2.56. The fourth-order valence-electron chi connectivity index (χ4n) is 4.60. The maximum absolute atomic E-state index is 12.2. The third-order valence-corrected chi connectivity index (χ3v) is 7.40. The number of aliphatic carboxylic acids is 1. The number of aliphatic hydroxyl groups excluding tert-OH is 1. The van der Waals surface area contributed by atoms with Gasteiger partial charge in [0.25, 0.3) is 0 Å². The van der Waals surface area contributed by atoms with Gasteiger partial charge >= 0.3 is 5.97 Å². The lowest BCUT2D eigenvalue weighted by molar-refractivity contribution is -0.161. The molecule has 0 spiro atoms. The van der Waals surface area contributed by atoms with Crippen molar-refractivity contribution in [3.8, 4) is 0 Å². The summed E-state index contributed by atoms with van der Waals surface area (Å²) in [6.07, 6.45) is 1.15. The summed E-state index contributed by atoms with van der Waals surface area (Å²) in [5.41, 5.74) is 0.0845. The molecule has 8 nitrogen and oxygen atoms in total.